The molecule has 1 heterocycles. The molecule has 0 saturated carbocycles. The summed E-state index contributed by atoms with van der Waals surface area (Å²) in [7, 11) is 0. The van der Waals surface area contributed by atoms with Gasteiger partial charge in [-0.3, -0.25) is 4.98 Å². The van der Waals surface area contributed by atoms with Crippen molar-refractivity contribution in [3.05, 3.63) is 54.9 Å². The SMILES string of the molecule is C=CCCCC(O)c1nccc2ccccc12. The molecule has 0 aliphatic carbocycles. The first kappa shape index (κ1) is 11.8. The van der Waals surface area contributed by atoms with Crippen LogP contribution in [0.3, 0.4) is 0 Å². The molecule has 2 nitrogen and oxygen atoms in total. The summed E-state index contributed by atoms with van der Waals surface area (Å²) >= 11 is 0. The summed E-state index contributed by atoms with van der Waals surface area (Å²) < 4.78 is 0. The molecule has 1 aromatic carbocycles. The van der Waals surface area contributed by atoms with Crippen LogP contribution in [0.2, 0.25) is 0 Å². The lowest BCUT2D eigenvalue weighted by Crippen LogP contribution is -2.01. The summed E-state index contributed by atoms with van der Waals surface area (Å²) in [5.74, 6) is 0. The molecule has 1 N–H and O–H groups in total. The molecule has 1 unspecified atom stereocenters. The second-order valence-corrected chi connectivity index (χ2v) is 4.15. The van der Waals surface area contributed by atoms with Crippen molar-refractivity contribution in [2.45, 2.75) is 25.4 Å². The van der Waals surface area contributed by atoms with Gasteiger partial charge in [-0.05, 0) is 30.7 Å². The van der Waals surface area contributed by atoms with Gasteiger partial charge < -0.3 is 5.11 Å². The normalized spacial score (nSPS) is 12.5. The number of hydrogen-bond acceptors (Lipinski definition) is 2. The number of hydrogen-bond donors (Lipinski definition) is 1. The summed E-state index contributed by atoms with van der Waals surface area (Å²) in [6.07, 6.45) is 5.75. The molecule has 1 aromatic heterocycles. The number of fused-ring (bicyclic) bond motifs is 1. The maximum absolute atomic E-state index is 10.1. The summed E-state index contributed by atoms with van der Waals surface area (Å²) in [5, 5.41) is 12.3. The largest absolute Gasteiger partial charge is 0.387 e. The number of benzene rings is 1. The van der Waals surface area contributed by atoms with Crippen molar-refractivity contribution < 1.29 is 5.11 Å². The fourth-order valence-corrected chi connectivity index (χ4v) is 2.00. The van der Waals surface area contributed by atoms with Gasteiger partial charge in [0, 0.05) is 11.6 Å². The van der Waals surface area contributed by atoms with Gasteiger partial charge >= 0.3 is 0 Å². The molecule has 0 radical (unpaired) electrons. The molecule has 0 aliphatic heterocycles. The van der Waals surface area contributed by atoms with E-state index in [1.54, 1.807) is 6.20 Å². The molecule has 2 rings (SSSR count). The average Bonchev–Trinajstić information content (AvgIpc) is 2.38. The summed E-state index contributed by atoms with van der Waals surface area (Å²) in [6, 6.07) is 9.99. The van der Waals surface area contributed by atoms with E-state index >= 15 is 0 Å². The van der Waals surface area contributed by atoms with Crippen LogP contribution >= 0.6 is 0 Å². The highest BCUT2D eigenvalue weighted by atomic mass is 16.3. The van der Waals surface area contributed by atoms with Crippen molar-refractivity contribution in [3.63, 3.8) is 0 Å². The highest BCUT2D eigenvalue weighted by Crippen LogP contribution is 2.25. The molecule has 0 spiro atoms. The average molecular weight is 227 g/mol. The molecule has 2 heteroatoms. The van der Waals surface area contributed by atoms with Crippen LogP contribution in [0.15, 0.2) is 49.2 Å². The van der Waals surface area contributed by atoms with Gasteiger partial charge in [-0.15, -0.1) is 6.58 Å². The van der Waals surface area contributed by atoms with E-state index in [9.17, 15) is 5.11 Å². The maximum atomic E-state index is 10.1. The summed E-state index contributed by atoms with van der Waals surface area (Å²) in [6.45, 7) is 3.68. The van der Waals surface area contributed by atoms with Crippen molar-refractivity contribution >= 4 is 10.8 Å². The minimum atomic E-state index is -0.485. The van der Waals surface area contributed by atoms with E-state index in [1.165, 1.54) is 0 Å². The predicted octanol–water partition coefficient (Wildman–Crippen LogP) is 3.62. The Morgan fingerprint density at radius 1 is 1.29 bits per heavy atom. The van der Waals surface area contributed by atoms with Crippen LogP contribution < -0.4 is 0 Å². The Bertz CT molecular complexity index is 502. The lowest BCUT2D eigenvalue weighted by atomic mass is 10.0. The van der Waals surface area contributed by atoms with Gasteiger partial charge in [0.2, 0.25) is 0 Å². The fraction of sp³-hybridized carbons (Fsp3) is 0.267. The molecule has 0 amide bonds. The number of aromatic nitrogens is 1. The molecule has 2 aromatic rings. The van der Waals surface area contributed by atoms with Crippen LogP contribution in [0.5, 0.6) is 0 Å². The molecule has 1 atom stereocenters. The number of aliphatic hydroxyl groups is 1. The molecule has 0 bridgehead atoms. The highest BCUT2D eigenvalue weighted by molar-refractivity contribution is 5.84. The number of aliphatic hydroxyl groups excluding tert-OH is 1. The van der Waals surface area contributed by atoms with Crippen LogP contribution in [0, 0.1) is 0 Å². The van der Waals surface area contributed by atoms with Gasteiger partial charge in [0.1, 0.15) is 0 Å². The Hall–Kier alpha value is -1.67. The lowest BCUT2D eigenvalue weighted by Gasteiger charge is -2.11. The van der Waals surface area contributed by atoms with Crippen LogP contribution in [0.4, 0.5) is 0 Å². The Balaban J connectivity index is 2.25. The van der Waals surface area contributed by atoms with Crippen molar-refractivity contribution in [1.82, 2.24) is 4.98 Å². The van der Waals surface area contributed by atoms with Crippen molar-refractivity contribution in [2.24, 2.45) is 0 Å². The van der Waals surface area contributed by atoms with E-state index in [2.05, 4.69) is 11.6 Å². The van der Waals surface area contributed by atoms with Gasteiger partial charge in [0.05, 0.1) is 11.8 Å². The number of allylic oxidation sites excluding steroid dienone is 1. The highest BCUT2D eigenvalue weighted by Gasteiger charge is 2.11. The predicted molar refractivity (Wildman–Crippen MR) is 70.8 cm³/mol. The molecule has 0 aliphatic rings. The van der Waals surface area contributed by atoms with Crippen LogP contribution in [-0.2, 0) is 0 Å². The standard InChI is InChI=1S/C15H17NO/c1-2-3-4-9-14(17)15-13-8-6-5-7-12(13)10-11-16-15/h2,5-8,10-11,14,17H,1,3-4,9H2. The third-order valence-corrected chi connectivity index (χ3v) is 2.91. The zero-order chi connectivity index (χ0) is 12.1. The second-order valence-electron chi connectivity index (χ2n) is 4.15. The number of nitrogens with zero attached hydrogens (tertiary/aromatic N) is 1. The van der Waals surface area contributed by atoms with Crippen LogP contribution in [0.25, 0.3) is 10.8 Å². The molecule has 0 saturated heterocycles. The van der Waals surface area contributed by atoms with Crippen molar-refractivity contribution in [2.75, 3.05) is 0 Å². The Morgan fingerprint density at radius 2 is 2.12 bits per heavy atom. The third kappa shape index (κ3) is 2.71. The Kier molecular flexibility index (Phi) is 3.89. The van der Waals surface area contributed by atoms with Gasteiger partial charge in [-0.25, -0.2) is 0 Å². The Morgan fingerprint density at radius 3 is 2.94 bits per heavy atom. The minimum absolute atomic E-state index is 0.485. The van der Waals surface area contributed by atoms with Gasteiger partial charge in [0.25, 0.3) is 0 Å². The van der Waals surface area contributed by atoms with E-state index < -0.39 is 6.10 Å². The molecule has 17 heavy (non-hydrogen) atoms. The molecular weight excluding hydrogens is 210 g/mol. The monoisotopic (exact) mass is 227 g/mol. The first-order valence-electron chi connectivity index (χ1n) is 5.95. The molecular formula is C15H17NO. The second kappa shape index (κ2) is 5.60. The zero-order valence-electron chi connectivity index (χ0n) is 9.84. The number of rotatable bonds is 5. The first-order valence-corrected chi connectivity index (χ1v) is 5.95. The van der Waals surface area contributed by atoms with Gasteiger partial charge in [-0.1, -0.05) is 30.3 Å². The summed E-state index contributed by atoms with van der Waals surface area (Å²) in [5.41, 5.74) is 0.784. The summed E-state index contributed by atoms with van der Waals surface area (Å²) in [4.78, 5) is 4.31. The van der Waals surface area contributed by atoms with Gasteiger partial charge in [0.15, 0.2) is 0 Å². The van der Waals surface area contributed by atoms with E-state index in [1.807, 2.05) is 36.4 Å². The van der Waals surface area contributed by atoms with E-state index in [-0.39, 0.29) is 0 Å². The van der Waals surface area contributed by atoms with Crippen LogP contribution in [-0.4, -0.2) is 10.1 Å². The molecule has 88 valence electrons. The van der Waals surface area contributed by atoms with Gasteiger partial charge in [-0.2, -0.15) is 0 Å². The quantitative estimate of drug-likeness (QED) is 0.625. The zero-order valence-corrected chi connectivity index (χ0v) is 9.84. The maximum Gasteiger partial charge on any atom is 0.0966 e. The minimum Gasteiger partial charge on any atom is -0.387 e. The van der Waals surface area contributed by atoms with Crippen molar-refractivity contribution in [3.8, 4) is 0 Å². The van der Waals surface area contributed by atoms with Crippen LogP contribution in [0.1, 0.15) is 31.1 Å². The first-order chi connectivity index (χ1) is 8.33. The lowest BCUT2D eigenvalue weighted by molar-refractivity contribution is 0.162. The number of unbranched alkanes of at least 4 members (excludes halogenated alkanes) is 1. The van der Waals surface area contributed by atoms with E-state index in [4.69, 9.17) is 0 Å². The third-order valence-electron chi connectivity index (χ3n) is 2.91. The smallest absolute Gasteiger partial charge is 0.0966 e. The van der Waals surface area contributed by atoms with E-state index in [0.717, 1.165) is 35.7 Å². The topological polar surface area (TPSA) is 33.1 Å². The molecule has 0 fully saturated rings. The fourth-order valence-electron chi connectivity index (χ4n) is 2.00. The van der Waals surface area contributed by atoms with E-state index in [0.29, 0.717) is 0 Å². The Labute approximate surface area is 102 Å². The van der Waals surface area contributed by atoms with Crippen molar-refractivity contribution in [1.29, 1.82) is 0 Å². The number of pyridine rings is 1.